The second-order valence-electron chi connectivity index (χ2n) is 6.50. The number of aryl methyl sites for hydroxylation is 1. The molecule has 4 rings (SSSR count). The van der Waals surface area contributed by atoms with Crippen molar-refractivity contribution in [3.63, 3.8) is 0 Å². The van der Waals surface area contributed by atoms with Crippen LogP contribution in [0.1, 0.15) is 37.7 Å². The third-order valence-electron chi connectivity index (χ3n) is 4.80. The molecule has 3 aromatic rings. The fourth-order valence-electron chi connectivity index (χ4n) is 3.48. The summed E-state index contributed by atoms with van der Waals surface area (Å²) in [5.74, 6) is 0. The third kappa shape index (κ3) is 3.26. The van der Waals surface area contributed by atoms with Crippen molar-refractivity contribution in [2.75, 3.05) is 0 Å². The zero-order valence-electron chi connectivity index (χ0n) is 14.3. The van der Waals surface area contributed by atoms with Crippen LogP contribution in [-0.4, -0.2) is 19.7 Å². The quantitative estimate of drug-likeness (QED) is 0.723. The van der Waals surface area contributed by atoms with Crippen molar-refractivity contribution in [1.82, 2.24) is 19.7 Å². The standard InChI is InChI=1S/C19H21N5S/c1-24-18(25-17(23-24)15-7-5-11-20-13-15)22-19(9-3-2-4-10-19)16-8-6-12-21-14-16/h5-8,11-14H,2-4,9-10H2,1H3. The molecule has 0 aromatic carbocycles. The van der Waals surface area contributed by atoms with Crippen LogP contribution in [0.5, 0.6) is 0 Å². The van der Waals surface area contributed by atoms with Crippen LogP contribution >= 0.6 is 11.3 Å². The monoisotopic (exact) mass is 351 g/mol. The molecule has 0 bridgehead atoms. The topological polar surface area (TPSA) is 56.0 Å². The largest absolute Gasteiger partial charge is 0.264 e. The summed E-state index contributed by atoms with van der Waals surface area (Å²) in [7, 11) is 1.97. The molecule has 0 unspecified atom stereocenters. The van der Waals surface area contributed by atoms with E-state index in [2.05, 4.69) is 21.1 Å². The molecule has 0 amide bonds. The summed E-state index contributed by atoms with van der Waals surface area (Å²) >= 11 is 1.62. The summed E-state index contributed by atoms with van der Waals surface area (Å²) in [5.41, 5.74) is 2.07. The highest BCUT2D eigenvalue weighted by Crippen LogP contribution is 2.40. The maximum atomic E-state index is 5.22. The van der Waals surface area contributed by atoms with Crippen molar-refractivity contribution in [2.45, 2.75) is 37.6 Å². The summed E-state index contributed by atoms with van der Waals surface area (Å²) in [6, 6.07) is 8.14. The molecule has 0 atom stereocenters. The predicted octanol–water partition coefficient (Wildman–Crippen LogP) is 3.70. The average Bonchev–Trinajstić information content (AvgIpc) is 3.04. The summed E-state index contributed by atoms with van der Waals surface area (Å²) in [5, 5.41) is 5.61. The fourth-order valence-corrected chi connectivity index (χ4v) is 4.44. The molecule has 0 aliphatic heterocycles. The normalized spacial score (nSPS) is 17.6. The number of hydrogen-bond donors (Lipinski definition) is 0. The van der Waals surface area contributed by atoms with Gasteiger partial charge in [-0.25, -0.2) is 9.67 Å². The maximum absolute atomic E-state index is 5.22. The van der Waals surface area contributed by atoms with E-state index < -0.39 is 0 Å². The van der Waals surface area contributed by atoms with E-state index in [0.29, 0.717) is 0 Å². The minimum absolute atomic E-state index is 0.178. The van der Waals surface area contributed by atoms with Crippen LogP contribution in [0.15, 0.2) is 54.0 Å². The lowest BCUT2D eigenvalue weighted by molar-refractivity contribution is 0.296. The second kappa shape index (κ2) is 6.88. The molecule has 1 aliphatic carbocycles. The van der Waals surface area contributed by atoms with E-state index in [-0.39, 0.29) is 5.54 Å². The highest BCUT2D eigenvalue weighted by molar-refractivity contribution is 7.12. The number of hydrogen-bond acceptors (Lipinski definition) is 5. The van der Waals surface area contributed by atoms with Crippen LogP contribution in [0.25, 0.3) is 10.6 Å². The maximum Gasteiger partial charge on any atom is 0.204 e. The first-order valence-electron chi connectivity index (χ1n) is 8.68. The fraction of sp³-hybridized carbons (Fsp3) is 0.368. The molecule has 6 heteroatoms. The van der Waals surface area contributed by atoms with E-state index in [1.165, 1.54) is 24.8 Å². The molecule has 0 N–H and O–H groups in total. The van der Waals surface area contributed by atoms with Gasteiger partial charge in [-0.2, -0.15) is 5.10 Å². The lowest BCUT2D eigenvalue weighted by atomic mass is 9.78. The molecule has 0 saturated heterocycles. The number of pyridine rings is 2. The van der Waals surface area contributed by atoms with Gasteiger partial charge in [-0.15, -0.1) is 0 Å². The zero-order chi connectivity index (χ0) is 17.1. The first-order valence-corrected chi connectivity index (χ1v) is 9.49. The molecular formula is C19H21N5S. The Morgan fingerprint density at radius 2 is 1.80 bits per heavy atom. The Morgan fingerprint density at radius 1 is 1.04 bits per heavy atom. The number of nitrogens with zero attached hydrogens (tertiary/aromatic N) is 5. The Morgan fingerprint density at radius 3 is 2.48 bits per heavy atom. The summed E-state index contributed by atoms with van der Waals surface area (Å²) < 4.78 is 1.89. The third-order valence-corrected chi connectivity index (χ3v) is 5.85. The van der Waals surface area contributed by atoms with Crippen LogP contribution < -0.4 is 4.80 Å². The highest BCUT2D eigenvalue weighted by atomic mass is 32.1. The van der Waals surface area contributed by atoms with Crippen molar-refractivity contribution < 1.29 is 0 Å². The van der Waals surface area contributed by atoms with E-state index in [9.17, 15) is 0 Å². The van der Waals surface area contributed by atoms with Crippen molar-refractivity contribution in [1.29, 1.82) is 0 Å². The number of rotatable bonds is 3. The number of aromatic nitrogens is 4. The van der Waals surface area contributed by atoms with E-state index >= 15 is 0 Å². The molecule has 1 aliphatic rings. The van der Waals surface area contributed by atoms with Gasteiger partial charge in [0.1, 0.15) is 5.01 Å². The summed E-state index contributed by atoms with van der Waals surface area (Å²) in [6.07, 6.45) is 13.3. The van der Waals surface area contributed by atoms with Gasteiger partial charge in [-0.3, -0.25) is 9.97 Å². The van der Waals surface area contributed by atoms with Gasteiger partial charge in [-0.05, 0) is 36.6 Å². The van der Waals surface area contributed by atoms with Crippen LogP contribution in [0.3, 0.4) is 0 Å². The molecule has 1 fully saturated rings. The lowest BCUT2D eigenvalue weighted by Crippen LogP contribution is -2.30. The van der Waals surface area contributed by atoms with Crippen molar-refractivity contribution in [3.05, 3.63) is 59.4 Å². The Kier molecular flexibility index (Phi) is 4.44. The molecule has 25 heavy (non-hydrogen) atoms. The van der Waals surface area contributed by atoms with Crippen LogP contribution in [-0.2, 0) is 12.6 Å². The van der Waals surface area contributed by atoms with E-state index in [4.69, 9.17) is 4.99 Å². The molecule has 3 aromatic heterocycles. The first kappa shape index (κ1) is 16.1. The predicted molar refractivity (Wildman–Crippen MR) is 98.9 cm³/mol. The van der Waals surface area contributed by atoms with E-state index in [0.717, 1.165) is 28.2 Å². The smallest absolute Gasteiger partial charge is 0.204 e. The molecular weight excluding hydrogens is 330 g/mol. The van der Waals surface area contributed by atoms with Crippen molar-refractivity contribution in [2.24, 2.45) is 12.0 Å². The Hall–Kier alpha value is -2.34. The van der Waals surface area contributed by atoms with Gasteiger partial charge in [0.25, 0.3) is 0 Å². The van der Waals surface area contributed by atoms with E-state index in [1.54, 1.807) is 17.5 Å². The molecule has 3 heterocycles. The van der Waals surface area contributed by atoms with E-state index in [1.807, 2.05) is 48.5 Å². The molecule has 0 radical (unpaired) electrons. The Labute approximate surface area is 151 Å². The molecule has 1 saturated carbocycles. The summed E-state index contributed by atoms with van der Waals surface area (Å²) in [6.45, 7) is 0. The summed E-state index contributed by atoms with van der Waals surface area (Å²) in [4.78, 5) is 14.7. The van der Waals surface area contributed by atoms with Crippen LogP contribution in [0.4, 0.5) is 0 Å². The highest BCUT2D eigenvalue weighted by Gasteiger charge is 2.34. The lowest BCUT2D eigenvalue weighted by Gasteiger charge is -2.33. The van der Waals surface area contributed by atoms with Gasteiger partial charge in [0.05, 0.1) is 5.54 Å². The van der Waals surface area contributed by atoms with Crippen molar-refractivity contribution in [3.8, 4) is 10.6 Å². The van der Waals surface area contributed by atoms with Gasteiger partial charge in [0, 0.05) is 37.4 Å². The molecule has 5 nitrogen and oxygen atoms in total. The van der Waals surface area contributed by atoms with Gasteiger partial charge >= 0.3 is 0 Å². The van der Waals surface area contributed by atoms with Gasteiger partial charge < -0.3 is 0 Å². The average molecular weight is 351 g/mol. The SMILES string of the molecule is Cn1nc(-c2cccnc2)sc1=NC1(c2cccnc2)CCCCC1. The van der Waals surface area contributed by atoms with Crippen LogP contribution in [0, 0.1) is 0 Å². The second-order valence-corrected chi connectivity index (χ2v) is 7.46. The van der Waals surface area contributed by atoms with Gasteiger partial charge in [-0.1, -0.05) is 36.7 Å². The molecule has 128 valence electrons. The molecule has 0 spiro atoms. The van der Waals surface area contributed by atoms with Crippen molar-refractivity contribution >= 4 is 11.3 Å². The minimum atomic E-state index is -0.178. The first-order chi connectivity index (χ1) is 12.3. The minimum Gasteiger partial charge on any atom is -0.264 e. The zero-order valence-corrected chi connectivity index (χ0v) is 15.1. The Balaban J connectivity index is 1.81. The van der Waals surface area contributed by atoms with Crippen LogP contribution in [0.2, 0.25) is 0 Å². The van der Waals surface area contributed by atoms with Gasteiger partial charge in [0.15, 0.2) is 0 Å². The van der Waals surface area contributed by atoms with Gasteiger partial charge in [0.2, 0.25) is 4.80 Å². The Bertz CT molecular complexity index is 892.